The average molecular weight is 279 g/mol. The Morgan fingerprint density at radius 1 is 1.50 bits per heavy atom. The minimum absolute atomic E-state index is 0.0394. The Kier molecular flexibility index (Phi) is 4.68. The third-order valence-electron chi connectivity index (χ3n) is 3.19. The van der Waals surface area contributed by atoms with Crippen molar-refractivity contribution < 1.29 is 14.3 Å². The van der Waals surface area contributed by atoms with Crippen molar-refractivity contribution in [2.75, 3.05) is 19.7 Å². The second-order valence-corrected chi connectivity index (χ2v) is 4.52. The summed E-state index contributed by atoms with van der Waals surface area (Å²) in [5.74, 6) is 0.188. The molecule has 1 amide bonds. The van der Waals surface area contributed by atoms with Crippen molar-refractivity contribution in [2.24, 2.45) is 0 Å². The first-order valence-corrected chi connectivity index (χ1v) is 6.67. The van der Waals surface area contributed by atoms with Gasteiger partial charge in [-0.3, -0.25) is 4.79 Å². The molecule has 0 fully saturated rings. The van der Waals surface area contributed by atoms with Crippen molar-refractivity contribution in [3.8, 4) is 0 Å². The van der Waals surface area contributed by atoms with Crippen LogP contribution in [0.5, 0.6) is 0 Å². The van der Waals surface area contributed by atoms with E-state index in [0.29, 0.717) is 36.4 Å². The van der Waals surface area contributed by atoms with E-state index in [1.807, 2.05) is 6.92 Å². The number of aliphatic hydroxyl groups excluding tert-OH is 1. The zero-order chi connectivity index (χ0) is 14.5. The SMILES string of the molecule is CCN(CCO)C(=O)CCc1nc2c(F)cccc2[nH]1. The minimum Gasteiger partial charge on any atom is -0.395 e. The van der Waals surface area contributed by atoms with E-state index >= 15 is 0 Å². The number of aliphatic hydroxyl groups is 1. The lowest BCUT2D eigenvalue weighted by molar-refractivity contribution is -0.131. The molecule has 0 saturated heterocycles. The van der Waals surface area contributed by atoms with Crippen molar-refractivity contribution in [2.45, 2.75) is 19.8 Å². The van der Waals surface area contributed by atoms with Crippen LogP contribution < -0.4 is 0 Å². The number of fused-ring (bicyclic) bond motifs is 1. The fourth-order valence-electron chi connectivity index (χ4n) is 2.13. The number of hydrogen-bond acceptors (Lipinski definition) is 3. The van der Waals surface area contributed by atoms with E-state index in [9.17, 15) is 9.18 Å². The summed E-state index contributed by atoms with van der Waals surface area (Å²) in [5.41, 5.74) is 0.938. The van der Waals surface area contributed by atoms with Crippen LogP contribution in [-0.4, -0.2) is 45.6 Å². The molecule has 0 spiro atoms. The number of H-pyrrole nitrogens is 1. The summed E-state index contributed by atoms with van der Waals surface area (Å²) in [5, 5.41) is 8.87. The molecule has 0 unspecified atom stereocenters. The highest BCUT2D eigenvalue weighted by Crippen LogP contribution is 2.15. The van der Waals surface area contributed by atoms with Crippen LogP contribution in [-0.2, 0) is 11.2 Å². The van der Waals surface area contributed by atoms with Gasteiger partial charge in [0.25, 0.3) is 0 Å². The number of likely N-dealkylation sites (N-methyl/N-ethyl adjacent to an activating group) is 1. The summed E-state index contributed by atoms with van der Waals surface area (Å²) in [4.78, 5) is 20.7. The van der Waals surface area contributed by atoms with Crippen LogP contribution in [0.25, 0.3) is 11.0 Å². The van der Waals surface area contributed by atoms with Crippen LogP contribution in [0, 0.1) is 5.82 Å². The number of rotatable bonds is 6. The van der Waals surface area contributed by atoms with Crippen LogP contribution in [0.1, 0.15) is 19.2 Å². The Morgan fingerprint density at radius 3 is 2.95 bits per heavy atom. The third kappa shape index (κ3) is 3.14. The van der Waals surface area contributed by atoms with Crippen LogP contribution in [0.4, 0.5) is 4.39 Å². The average Bonchev–Trinajstić information content (AvgIpc) is 2.86. The Hall–Kier alpha value is -1.95. The Morgan fingerprint density at radius 2 is 2.30 bits per heavy atom. The zero-order valence-corrected chi connectivity index (χ0v) is 11.4. The maximum absolute atomic E-state index is 13.5. The fraction of sp³-hybridized carbons (Fsp3) is 0.429. The van der Waals surface area contributed by atoms with Gasteiger partial charge in [-0.2, -0.15) is 0 Å². The highest BCUT2D eigenvalue weighted by Gasteiger charge is 2.13. The first-order chi connectivity index (χ1) is 9.65. The van der Waals surface area contributed by atoms with Gasteiger partial charge in [0.05, 0.1) is 12.1 Å². The number of aromatic amines is 1. The van der Waals surface area contributed by atoms with Gasteiger partial charge in [0.15, 0.2) is 5.82 Å². The molecule has 6 heteroatoms. The molecule has 1 heterocycles. The third-order valence-corrected chi connectivity index (χ3v) is 3.19. The Balaban J connectivity index is 2.02. The quantitative estimate of drug-likeness (QED) is 0.841. The smallest absolute Gasteiger partial charge is 0.223 e. The first-order valence-electron chi connectivity index (χ1n) is 6.67. The number of halogens is 1. The second kappa shape index (κ2) is 6.47. The van der Waals surface area contributed by atoms with Gasteiger partial charge in [0.2, 0.25) is 5.91 Å². The van der Waals surface area contributed by atoms with Gasteiger partial charge in [0, 0.05) is 25.9 Å². The van der Waals surface area contributed by atoms with E-state index in [1.54, 1.807) is 17.0 Å². The van der Waals surface area contributed by atoms with Crippen molar-refractivity contribution in [3.63, 3.8) is 0 Å². The molecule has 2 rings (SSSR count). The molecule has 0 saturated carbocycles. The molecule has 0 aliphatic rings. The summed E-state index contributed by atoms with van der Waals surface area (Å²) >= 11 is 0. The Labute approximate surface area is 116 Å². The number of nitrogens with zero attached hydrogens (tertiary/aromatic N) is 2. The van der Waals surface area contributed by atoms with Crippen LogP contribution in [0.3, 0.4) is 0 Å². The van der Waals surface area contributed by atoms with Gasteiger partial charge >= 0.3 is 0 Å². The summed E-state index contributed by atoms with van der Waals surface area (Å²) < 4.78 is 13.5. The first kappa shape index (κ1) is 14.5. The fourth-order valence-corrected chi connectivity index (χ4v) is 2.13. The largest absolute Gasteiger partial charge is 0.395 e. The molecule has 1 aromatic carbocycles. The lowest BCUT2D eigenvalue weighted by atomic mass is 10.2. The standard InChI is InChI=1S/C14H18FN3O2/c1-2-18(8-9-19)13(20)7-6-12-16-11-5-3-4-10(15)14(11)17-12/h3-5,19H,2,6-9H2,1H3,(H,16,17). The van der Waals surface area contributed by atoms with Crippen molar-refractivity contribution in [1.29, 1.82) is 0 Å². The molecule has 1 aromatic heterocycles. The monoisotopic (exact) mass is 279 g/mol. The van der Waals surface area contributed by atoms with E-state index in [2.05, 4.69) is 9.97 Å². The van der Waals surface area contributed by atoms with Gasteiger partial charge in [0.1, 0.15) is 11.3 Å². The number of carbonyl (C=O) groups excluding carboxylic acids is 1. The zero-order valence-electron chi connectivity index (χ0n) is 11.4. The molecule has 108 valence electrons. The van der Waals surface area contributed by atoms with E-state index in [1.165, 1.54) is 6.07 Å². The Bertz CT molecular complexity index is 597. The maximum Gasteiger partial charge on any atom is 0.223 e. The van der Waals surface area contributed by atoms with Crippen molar-refractivity contribution in [1.82, 2.24) is 14.9 Å². The topological polar surface area (TPSA) is 69.2 Å². The van der Waals surface area contributed by atoms with Crippen LogP contribution in [0.15, 0.2) is 18.2 Å². The number of nitrogens with one attached hydrogen (secondary N) is 1. The molecule has 0 radical (unpaired) electrons. The highest BCUT2D eigenvalue weighted by molar-refractivity contribution is 5.77. The van der Waals surface area contributed by atoms with E-state index in [0.717, 1.165) is 0 Å². The summed E-state index contributed by atoms with van der Waals surface area (Å²) in [6, 6.07) is 4.73. The highest BCUT2D eigenvalue weighted by atomic mass is 19.1. The summed E-state index contributed by atoms with van der Waals surface area (Å²) in [6.07, 6.45) is 0.712. The van der Waals surface area contributed by atoms with Crippen molar-refractivity contribution >= 4 is 16.9 Å². The predicted octanol–water partition coefficient (Wildman–Crippen LogP) is 1.48. The number of hydrogen-bond donors (Lipinski definition) is 2. The molecule has 0 atom stereocenters. The summed E-state index contributed by atoms with van der Waals surface area (Å²) in [7, 11) is 0. The van der Waals surface area contributed by atoms with Gasteiger partial charge in [-0.25, -0.2) is 9.37 Å². The molecular formula is C14H18FN3O2. The lowest BCUT2D eigenvalue weighted by Gasteiger charge is -2.19. The van der Waals surface area contributed by atoms with Gasteiger partial charge in [-0.15, -0.1) is 0 Å². The van der Waals surface area contributed by atoms with Crippen molar-refractivity contribution in [3.05, 3.63) is 29.8 Å². The molecule has 0 bridgehead atoms. The van der Waals surface area contributed by atoms with Gasteiger partial charge < -0.3 is 15.0 Å². The number of carbonyl (C=O) groups is 1. The molecular weight excluding hydrogens is 261 g/mol. The molecule has 0 aliphatic carbocycles. The van der Waals surface area contributed by atoms with E-state index in [-0.39, 0.29) is 24.8 Å². The number of amides is 1. The van der Waals surface area contributed by atoms with E-state index < -0.39 is 0 Å². The van der Waals surface area contributed by atoms with Gasteiger partial charge in [-0.05, 0) is 19.1 Å². The lowest BCUT2D eigenvalue weighted by Crippen LogP contribution is -2.33. The predicted molar refractivity (Wildman–Crippen MR) is 73.7 cm³/mol. The minimum atomic E-state index is -0.369. The maximum atomic E-state index is 13.5. The number of para-hydroxylation sites is 1. The molecule has 2 N–H and O–H groups in total. The molecule has 2 aromatic rings. The number of aromatic nitrogens is 2. The molecule has 0 aliphatic heterocycles. The second-order valence-electron chi connectivity index (χ2n) is 4.52. The van der Waals surface area contributed by atoms with Gasteiger partial charge in [-0.1, -0.05) is 6.07 Å². The summed E-state index contributed by atoms with van der Waals surface area (Å²) in [6.45, 7) is 2.72. The molecule has 5 nitrogen and oxygen atoms in total. The number of imidazole rings is 1. The normalized spacial score (nSPS) is 10.9. The number of benzene rings is 1. The molecule has 20 heavy (non-hydrogen) atoms. The van der Waals surface area contributed by atoms with E-state index in [4.69, 9.17) is 5.11 Å². The number of aryl methyl sites for hydroxylation is 1. The van der Waals surface area contributed by atoms with Crippen LogP contribution >= 0.6 is 0 Å². The van der Waals surface area contributed by atoms with Crippen LogP contribution in [0.2, 0.25) is 0 Å².